The molecule has 7 aromatic carbocycles. The third-order valence-electron chi connectivity index (χ3n) is 22.2. The lowest BCUT2D eigenvalue weighted by atomic mass is 9.87. The van der Waals surface area contributed by atoms with Gasteiger partial charge in [0.2, 0.25) is 16.0 Å². The van der Waals surface area contributed by atoms with Crippen molar-refractivity contribution < 1.29 is 111 Å². The van der Waals surface area contributed by atoms with E-state index in [9.17, 15) is 85.7 Å². The number of pyridine rings is 2. The van der Waals surface area contributed by atoms with Crippen molar-refractivity contribution in [3.8, 4) is 55.9 Å². The smallest absolute Gasteiger partial charge is 0.305 e. The Hall–Kier alpha value is -13.1. The Balaban J connectivity index is 0.000000206. The fourth-order valence-corrected chi connectivity index (χ4v) is 15.9. The number of aliphatic hydroxyl groups excluding tert-OH is 7. The first kappa shape index (κ1) is 108. The van der Waals surface area contributed by atoms with Crippen LogP contribution in [0.1, 0.15) is 217 Å². The Morgan fingerprint density at radius 2 is 0.912 bits per heavy atom. The zero-order chi connectivity index (χ0) is 100. The fraction of sp³-hybridized carbons (Fsp3) is 0.330. The van der Waals surface area contributed by atoms with E-state index in [1.54, 1.807) is 74.0 Å². The number of aliphatic hydroxyl groups is 7. The summed E-state index contributed by atoms with van der Waals surface area (Å²) in [5.74, 6) is -5.93. The number of carbonyl (C=O) groups is 5. The Kier molecular flexibility index (Phi) is 39.8. The number of nitrogens with one attached hydrogen (secondary N) is 1. The minimum atomic E-state index is -3.65. The molecule has 31 heteroatoms. The molecule has 12 N–H and O–H groups in total. The summed E-state index contributed by atoms with van der Waals surface area (Å²) in [6.45, 7) is 16.2. The number of benzene rings is 7. The number of fused-ring (bicyclic) bond motifs is 1. The van der Waals surface area contributed by atoms with Crippen molar-refractivity contribution in [1.29, 1.82) is 0 Å². The van der Waals surface area contributed by atoms with E-state index in [0.717, 1.165) is 102 Å². The molecule has 0 radical (unpaired) electrons. The largest absolute Gasteiger partial charge is 0.481 e. The highest BCUT2D eigenvalue weighted by atomic mass is 32.2. The van der Waals surface area contributed by atoms with Crippen LogP contribution in [0.2, 0.25) is 0 Å². The highest BCUT2D eigenvalue weighted by Gasteiger charge is 2.34. The topological polar surface area (TPSA) is 423 Å². The molecule has 4 heterocycles. The normalized spacial score (nSPS) is 13.8. The number of hydrogen-bond acceptors (Lipinski definition) is 19. The molecule has 4 aromatic heterocycles. The van der Waals surface area contributed by atoms with Crippen molar-refractivity contribution in [2.24, 2.45) is 0 Å². The zero-order valence-electron chi connectivity index (χ0n) is 78.1. The van der Waals surface area contributed by atoms with Gasteiger partial charge in [0.05, 0.1) is 114 Å². The van der Waals surface area contributed by atoms with Crippen molar-refractivity contribution in [3.63, 3.8) is 0 Å². The highest BCUT2D eigenvalue weighted by Crippen LogP contribution is 2.47. The van der Waals surface area contributed by atoms with E-state index in [1.807, 2.05) is 131 Å². The van der Waals surface area contributed by atoms with Crippen molar-refractivity contribution in [2.75, 3.05) is 30.0 Å². The van der Waals surface area contributed by atoms with Crippen molar-refractivity contribution >= 4 is 86.8 Å². The molecule has 0 bridgehead atoms. The van der Waals surface area contributed by atoms with Crippen molar-refractivity contribution in [3.05, 3.63) is 286 Å². The van der Waals surface area contributed by atoms with Gasteiger partial charge in [0.1, 0.15) is 23.3 Å². The first-order valence-electron chi connectivity index (χ1n) is 45.0. The predicted molar refractivity (Wildman–Crippen MR) is 523 cm³/mol. The Labute approximate surface area is 794 Å². The SMILES string of the molecule is CC(C)c1c(C(=O)Nc2ccccc2)c(-c2ccccc2)c(-c2ccc(F)cc2)n1/C=C/C(O)CCCC(=O)O.CC(C)c1nc(N(C)S(C)(=O)=O)nc(-c2ccc(F)cc2)c1/C=C/C(O)CC(O)CC(=O)O.COCc1c(C(C)C)nc(C(C)C)c(/C=C/C(O)CC(O)CC(=O)O)c1-c1ccc(F)cc1.O=C(O)CC(O)CC(O)/C=C/c1c(C2CC2)nc2ccccc2c1-c1ccc(F)cc1. The van der Waals surface area contributed by atoms with E-state index < -0.39 is 102 Å². The number of carboxylic acids is 4. The second kappa shape index (κ2) is 50.7. The molecule has 137 heavy (non-hydrogen) atoms. The van der Waals surface area contributed by atoms with Gasteiger partial charge in [-0.05, 0) is 174 Å². The van der Waals surface area contributed by atoms with Crippen LogP contribution in [-0.2, 0) is 40.5 Å². The number of amides is 1. The summed E-state index contributed by atoms with van der Waals surface area (Å²) in [4.78, 5) is 75.9. The minimum Gasteiger partial charge on any atom is -0.481 e. The average molecular weight is 1900 g/mol. The van der Waals surface area contributed by atoms with Crippen molar-refractivity contribution in [2.45, 2.75) is 205 Å². The van der Waals surface area contributed by atoms with Gasteiger partial charge >= 0.3 is 23.9 Å². The predicted octanol–water partition coefficient (Wildman–Crippen LogP) is 19.2. The average Bonchev–Trinajstić information content (AvgIpc) is 1.61. The van der Waals surface area contributed by atoms with Gasteiger partial charge in [0.15, 0.2) is 0 Å². The number of para-hydroxylation sites is 2. The molecule has 1 saturated carbocycles. The molecule has 1 aliphatic carbocycles. The second-order valence-corrected chi connectivity index (χ2v) is 36.7. The van der Waals surface area contributed by atoms with Crippen LogP contribution >= 0.6 is 0 Å². The van der Waals surface area contributed by atoms with E-state index in [4.69, 9.17) is 35.1 Å². The molecule has 1 amide bonds. The maximum Gasteiger partial charge on any atom is 0.305 e. The number of halogens is 4. The van der Waals surface area contributed by atoms with Gasteiger partial charge in [-0.2, -0.15) is 0 Å². The number of hydrogen-bond donors (Lipinski definition) is 12. The van der Waals surface area contributed by atoms with Gasteiger partial charge < -0.3 is 70.8 Å². The number of aliphatic carboxylic acids is 4. The highest BCUT2D eigenvalue weighted by molar-refractivity contribution is 7.92. The van der Waals surface area contributed by atoms with Crippen LogP contribution in [0.4, 0.5) is 29.2 Å². The lowest BCUT2D eigenvalue weighted by Gasteiger charge is -2.23. The molecule has 26 nitrogen and oxygen atoms in total. The summed E-state index contributed by atoms with van der Waals surface area (Å²) in [5, 5.41) is 110. The van der Waals surface area contributed by atoms with Crippen LogP contribution in [0.15, 0.2) is 206 Å². The summed E-state index contributed by atoms with van der Waals surface area (Å²) in [6.07, 6.45) is 7.22. The van der Waals surface area contributed by atoms with Gasteiger partial charge in [-0.1, -0.05) is 183 Å². The van der Waals surface area contributed by atoms with Crippen LogP contribution in [0.25, 0.3) is 91.2 Å². The molecule has 1 fully saturated rings. The van der Waals surface area contributed by atoms with E-state index in [0.29, 0.717) is 69.5 Å². The molecule has 0 aliphatic heterocycles. The maximum absolute atomic E-state index is 14.0. The number of rotatable bonds is 40. The van der Waals surface area contributed by atoms with E-state index in [-0.39, 0.29) is 85.1 Å². The number of anilines is 2. The monoisotopic (exact) mass is 1900 g/mol. The molecule has 0 saturated heterocycles. The zero-order valence-corrected chi connectivity index (χ0v) is 79.0. The number of aromatic nitrogens is 5. The molecule has 7 atom stereocenters. The van der Waals surface area contributed by atoms with Gasteiger partial charge in [0.25, 0.3) is 5.91 Å². The van der Waals surface area contributed by atoms with Crippen LogP contribution in [-0.4, -0.2) is 182 Å². The quantitative estimate of drug-likeness (QED) is 0.0159. The van der Waals surface area contributed by atoms with E-state index >= 15 is 0 Å². The van der Waals surface area contributed by atoms with Crippen molar-refractivity contribution in [1.82, 2.24) is 24.5 Å². The van der Waals surface area contributed by atoms with Crippen LogP contribution in [0.5, 0.6) is 0 Å². The van der Waals surface area contributed by atoms with E-state index in [1.165, 1.54) is 85.9 Å². The number of ether oxygens (including phenoxy) is 1. The first-order chi connectivity index (χ1) is 65.0. The molecular formula is C106H119F4N7O19S. The molecule has 12 rings (SSSR count). The second-order valence-electron chi connectivity index (χ2n) is 34.7. The standard InChI is InChI=1S/C33H33FN2O4.C26H34FNO5.C25H24FNO4.C22H28FN3O6S/c1-22(2)31-30(33(40)35-26-12-7-4-8-13-26)29(23-10-5-3-6-11-23)32(24-16-18-25(34)19-17-24)36(31)21-20-27(37)14-9-15-28(38)39;1-15(2)25-21(11-10-19(29)12-20(30)13-23(31)32)24(17-6-8-18(27)9-7-17)22(14-33-5)26(28-25)16(3)4;26-17-9-7-15(8-10-17)24-20-3-1-2-4-22(20)27-25(16-5-6-16)21(24)12-11-18(28)13-19(29)14-23(30)31;1-13(2)20-18(10-9-16(27)11-17(28)12-19(29)30)21(14-5-7-15(23)8-6-14)25-22(24-20)26(3)33(4,31)32/h3-8,10-13,16-22,27,37H,9,14-15H2,1-2H3,(H,35,40)(H,38,39);6-11,15-16,19-20,29-30H,12-14H2,1-5H3,(H,31,32);1-4,7-12,16,18-19,28-29H,5-6,13-14H2,(H,30,31);5-10,13,16-17,27-28H,11-12H2,1-4H3,(H,29,30)/b21-20+;11-10+;12-11+;10-9+. The number of carbonyl (C=O) groups excluding carboxylic acids is 1. The number of sulfonamides is 1. The number of methoxy groups -OCH3 is 1. The maximum atomic E-state index is 14.0. The third kappa shape index (κ3) is 31.2. The van der Waals surface area contributed by atoms with Crippen LogP contribution < -0.4 is 9.62 Å². The summed E-state index contributed by atoms with van der Waals surface area (Å²) in [7, 11) is -0.717. The van der Waals surface area contributed by atoms with Gasteiger partial charge in [-0.25, -0.2) is 40.3 Å². The Bertz CT molecular complexity index is 6180. The Morgan fingerprint density at radius 3 is 1.36 bits per heavy atom. The van der Waals surface area contributed by atoms with E-state index in [2.05, 4.69) is 29.1 Å². The summed E-state index contributed by atoms with van der Waals surface area (Å²) >= 11 is 0. The molecule has 1 aliphatic rings. The first-order valence-corrected chi connectivity index (χ1v) is 46.8. The lowest BCUT2D eigenvalue weighted by molar-refractivity contribution is -0.140. The summed E-state index contributed by atoms with van der Waals surface area (Å²) in [5.41, 5.74) is 16.0. The molecule has 0 spiro atoms. The van der Waals surface area contributed by atoms with Gasteiger partial charge in [-0.3, -0.25) is 33.9 Å². The van der Waals surface area contributed by atoms with Crippen LogP contribution in [0.3, 0.4) is 0 Å². The van der Waals surface area contributed by atoms with Crippen LogP contribution in [0, 0.1) is 23.3 Å². The summed E-state index contributed by atoms with van der Waals surface area (Å²) in [6, 6.07) is 50.7. The third-order valence-corrected chi connectivity index (χ3v) is 23.3. The lowest BCUT2D eigenvalue weighted by Crippen LogP contribution is -2.27. The van der Waals surface area contributed by atoms with Gasteiger partial charge in [0, 0.05) is 113 Å². The molecule has 7 unspecified atom stereocenters. The number of nitrogens with zero attached hydrogens (tertiary/aromatic N) is 6. The minimum absolute atomic E-state index is 0.0333. The summed E-state index contributed by atoms with van der Waals surface area (Å²) < 4.78 is 87.2. The Morgan fingerprint density at radius 1 is 0.482 bits per heavy atom. The number of carboxylic acid groups (broad SMARTS) is 4. The molecule has 11 aromatic rings. The fourth-order valence-electron chi connectivity index (χ4n) is 15.5. The van der Waals surface area contributed by atoms with Gasteiger partial charge in [-0.15, -0.1) is 0 Å². The molecule has 726 valence electrons. The molecular weight excluding hydrogens is 1780 g/mol.